The van der Waals surface area contributed by atoms with E-state index in [2.05, 4.69) is 0 Å². The molecular formula is C22H25NO5. The van der Waals surface area contributed by atoms with Gasteiger partial charge >= 0.3 is 0 Å². The van der Waals surface area contributed by atoms with Gasteiger partial charge in [0.2, 0.25) is 6.79 Å². The van der Waals surface area contributed by atoms with Crippen LogP contribution in [0.3, 0.4) is 0 Å². The second kappa shape index (κ2) is 8.25. The first-order valence-electron chi connectivity index (χ1n) is 9.09. The number of allylic oxidation sites excluding steroid dienone is 1. The molecule has 0 aromatic heterocycles. The number of rotatable bonds is 7. The molecule has 0 N–H and O–H groups in total. The second-order valence-electron chi connectivity index (χ2n) is 6.61. The van der Waals surface area contributed by atoms with Gasteiger partial charge in [0.25, 0.3) is 0 Å². The minimum atomic E-state index is -0.0640. The molecule has 0 radical (unpaired) electrons. The Morgan fingerprint density at radius 2 is 1.86 bits per heavy atom. The van der Waals surface area contributed by atoms with E-state index in [1.807, 2.05) is 44.1 Å². The van der Waals surface area contributed by atoms with Crippen LogP contribution in [0.5, 0.6) is 23.0 Å². The molecular weight excluding hydrogens is 358 g/mol. The molecule has 0 bridgehead atoms. The van der Waals surface area contributed by atoms with E-state index in [0.717, 1.165) is 17.0 Å². The maximum Gasteiger partial charge on any atom is 0.231 e. The lowest BCUT2D eigenvalue weighted by atomic mass is 10.0. The van der Waals surface area contributed by atoms with Crippen LogP contribution in [0, 0.1) is 0 Å². The topological polar surface area (TPSA) is 57.2 Å². The van der Waals surface area contributed by atoms with Crippen molar-refractivity contribution in [1.29, 1.82) is 0 Å². The number of nitrogens with zero attached hydrogens (tertiary/aromatic N) is 1. The molecule has 0 saturated carbocycles. The van der Waals surface area contributed by atoms with E-state index >= 15 is 0 Å². The van der Waals surface area contributed by atoms with Crippen molar-refractivity contribution in [3.63, 3.8) is 0 Å². The zero-order valence-electron chi connectivity index (χ0n) is 16.9. The molecule has 6 heteroatoms. The molecule has 3 rings (SSSR count). The van der Waals surface area contributed by atoms with E-state index in [9.17, 15) is 4.79 Å². The summed E-state index contributed by atoms with van der Waals surface area (Å²) in [6.07, 6.45) is 1.80. The fourth-order valence-electron chi connectivity index (χ4n) is 3.04. The number of ketones is 1. The standard InChI is InChI=1S/C22H25NO5/c1-6-26-18-8-7-15(10-17(18)23(3)4)22(24)14(2)9-16-11-20-21(28-13-27-20)12-19(16)25-5/h7-12H,6,13H2,1-5H3. The third kappa shape index (κ3) is 3.91. The van der Waals surface area contributed by atoms with E-state index in [1.54, 1.807) is 32.2 Å². The van der Waals surface area contributed by atoms with Crippen LogP contribution in [0.25, 0.3) is 6.08 Å². The summed E-state index contributed by atoms with van der Waals surface area (Å²) in [5, 5.41) is 0. The van der Waals surface area contributed by atoms with Crippen molar-refractivity contribution in [3.05, 3.63) is 47.0 Å². The molecule has 0 unspecified atom stereocenters. The normalized spacial score (nSPS) is 12.7. The molecule has 1 aliphatic rings. The molecule has 6 nitrogen and oxygen atoms in total. The molecule has 2 aromatic rings. The fourth-order valence-corrected chi connectivity index (χ4v) is 3.04. The number of hydrogen-bond donors (Lipinski definition) is 0. The summed E-state index contributed by atoms with van der Waals surface area (Å²) in [5.41, 5.74) is 2.81. The zero-order valence-corrected chi connectivity index (χ0v) is 16.9. The zero-order chi connectivity index (χ0) is 20.3. The van der Waals surface area contributed by atoms with Crippen LogP contribution in [0.1, 0.15) is 29.8 Å². The highest BCUT2D eigenvalue weighted by atomic mass is 16.7. The second-order valence-corrected chi connectivity index (χ2v) is 6.61. The first kappa shape index (κ1) is 19.6. The highest BCUT2D eigenvalue weighted by Gasteiger charge is 2.18. The Balaban J connectivity index is 1.94. The van der Waals surface area contributed by atoms with Crippen LogP contribution in [0.15, 0.2) is 35.9 Å². The van der Waals surface area contributed by atoms with Gasteiger partial charge in [-0.2, -0.15) is 0 Å². The highest BCUT2D eigenvalue weighted by molar-refractivity contribution is 6.11. The van der Waals surface area contributed by atoms with Gasteiger partial charge in [0.1, 0.15) is 11.5 Å². The van der Waals surface area contributed by atoms with Gasteiger partial charge in [0, 0.05) is 31.3 Å². The number of ether oxygens (including phenoxy) is 4. The molecule has 1 heterocycles. The average molecular weight is 383 g/mol. The molecule has 2 aromatic carbocycles. The van der Waals surface area contributed by atoms with Gasteiger partial charge in [0.15, 0.2) is 17.3 Å². The van der Waals surface area contributed by atoms with Crippen molar-refractivity contribution in [1.82, 2.24) is 0 Å². The van der Waals surface area contributed by atoms with Gasteiger partial charge in [-0.25, -0.2) is 0 Å². The van der Waals surface area contributed by atoms with Crippen molar-refractivity contribution in [2.45, 2.75) is 13.8 Å². The lowest BCUT2D eigenvalue weighted by molar-refractivity contribution is 0.103. The first-order valence-corrected chi connectivity index (χ1v) is 9.09. The quantitative estimate of drug-likeness (QED) is 0.528. The minimum Gasteiger partial charge on any atom is -0.496 e. The van der Waals surface area contributed by atoms with E-state index in [0.29, 0.717) is 35.0 Å². The van der Waals surface area contributed by atoms with Gasteiger partial charge in [-0.05, 0) is 49.8 Å². The van der Waals surface area contributed by atoms with Gasteiger partial charge in [0.05, 0.1) is 19.4 Å². The Labute approximate surface area is 165 Å². The van der Waals surface area contributed by atoms with E-state index in [1.165, 1.54) is 0 Å². The van der Waals surface area contributed by atoms with E-state index < -0.39 is 0 Å². The molecule has 1 aliphatic heterocycles. The Morgan fingerprint density at radius 1 is 1.14 bits per heavy atom. The van der Waals surface area contributed by atoms with Crippen LogP contribution in [-0.2, 0) is 0 Å². The molecule has 0 fully saturated rings. The first-order chi connectivity index (χ1) is 13.4. The summed E-state index contributed by atoms with van der Waals surface area (Å²) >= 11 is 0. The van der Waals surface area contributed by atoms with Crippen molar-refractivity contribution in [3.8, 4) is 23.0 Å². The van der Waals surface area contributed by atoms with Crippen LogP contribution in [0.2, 0.25) is 0 Å². The lowest BCUT2D eigenvalue weighted by Gasteiger charge is -2.18. The number of carbonyl (C=O) groups is 1. The number of carbonyl (C=O) groups excluding carboxylic acids is 1. The summed E-state index contributed by atoms with van der Waals surface area (Å²) in [4.78, 5) is 14.9. The molecule has 148 valence electrons. The average Bonchev–Trinajstić information content (AvgIpc) is 3.14. The van der Waals surface area contributed by atoms with Crippen molar-refractivity contribution in [2.24, 2.45) is 0 Å². The maximum absolute atomic E-state index is 13.0. The summed E-state index contributed by atoms with van der Waals surface area (Å²) < 4.78 is 21.9. The molecule has 0 amide bonds. The number of anilines is 1. The smallest absolute Gasteiger partial charge is 0.231 e. The largest absolute Gasteiger partial charge is 0.496 e. The monoisotopic (exact) mass is 383 g/mol. The lowest BCUT2D eigenvalue weighted by Crippen LogP contribution is -2.12. The van der Waals surface area contributed by atoms with Gasteiger partial charge in [-0.1, -0.05) is 0 Å². The van der Waals surface area contributed by atoms with Gasteiger partial charge in [-0.15, -0.1) is 0 Å². The summed E-state index contributed by atoms with van der Waals surface area (Å²) in [6, 6.07) is 9.06. The summed E-state index contributed by atoms with van der Waals surface area (Å²) in [6.45, 7) is 4.47. The van der Waals surface area contributed by atoms with Gasteiger partial charge < -0.3 is 23.8 Å². The number of methoxy groups -OCH3 is 1. The van der Waals surface area contributed by atoms with Crippen molar-refractivity contribution < 1.29 is 23.7 Å². The van der Waals surface area contributed by atoms with Crippen LogP contribution in [0.4, 0.5) is 5.69 Å². The maximum atomic E-state index is 13.0. The third-order valence-corrected chi connectivity index (χ3v) is 4.46. The van der Waals surface area contributed by atoms with Crippen molar-refractivity contribution in [2.75, 3.05) is 39.5 Å². The summed E-state index contributed by atoms with van der Waals surface area (Å²) in [5.74, 6) is 2.59. The number of fused-ring (bicyclic) bond motifs is 1. The van der Waals surface area contributed by atoms with Crippen LogP contribution in [-0.4, -0.2) is 40.4 Å². The Hall–Kier alpha value is -3.15. The Bertz CT molecular complexity index is 917. The Kier molecular flexibility index (Phi) is 5.78. The fraction of sp³-hybridized carbons (Fsp3) is 0.318. The third-order valence-electron chi connectivity index (χ3n) is 4.46. The van der Waals surface area contributed by atoms with Gasteiger partial charge in [-0.3, -0.25) is 4.79 Å². The van der Waals surface area contributed by atoms with E-state index in [-0.39, 0.29) is 12.6 Å². The van der Waals surface area contributed by atoms with Crippen molar-refractivity contribution >= 4 is 17.5 Å². The van der Waals surface area contributed by atoms with Crippen LogP contribution >= 0.6 is 0 Å². The number of Topliss-reactive ketones (excluding diaryl/α,β-unsaturated/α-hetero) is 1. The highest BCUT2D eigenvalue weighted by Crippen LogP contribution is 2.39. The molecule has 28 heavy (non-hydrogen) atoms. The SMILES string of the molecule is CCOc1ccc(C(=O)C(C)=Cc2cc3c(cc2OC)OCO3)cc1N(C)C. The molecule has 0 atom stereocenters. The molecule has 0 spiro atoms. The predicted octanol–water partition coefficient (Wildman–Crippen LogP) is 4.17. The van der Waals surface area contributed by atoms with E-state index in [4.69, 9.17) is 18.9 Å². The predicted molar refractivity (Wildman–Crippen MR) is 109 cm³/mol. The summed E-state index contributed by atoms with van der Waals surface area (Å²) in [7, 11) is 5.43. The molecule has 0 saturated heterocycles. The molecule has 0 aliphatic carbocycles. The minimum absolute atomic E-state index is 0.0640. The van der Waals surface area contributed by atoms with Crippen LogP contribution < -0.4 is 23.8 Å². The number of hydrogen-bond acceptors (Lipinski definition) is 6. The Morgan fingerprint density at radius 3 is 2.50 bits per heavy atom. The number of benzene rings is 2.